The van der Waals surface area contributed by atoms with Crippen molar-refractivity contribution >= 4 is 16.7 Å². The Labute approximate surface area is 147 Å². The molecule has 3 heterocycles. The summed E-state index contributed by atoms with van der Waals surface area (Å²) in [7, 11) is 1.88. The highest BCUT2D eigenvalue weighted by atomic mass is 16.5. The van der Waals surface area contributed by atoms with E-state index in [0.29, 0.717) is 0 Å². The SMILES string of the molecule is CNc1cccc([C@H]2CN(Cc3ccc4ncccc4c3)CCO2)n1. The summed E-state index contributed by atoms with van der Waals surface area (Å²) in [6.07, 6.45) is 1.85. The highest BCUT2D eigenvalue weighted by Gasteiger charge is 2.23. The minimum Gasteiger partial charge on any atom is -0.373 e. The van der Waals surface area contributed by atoms with Crippen molar-refractivity contribution in [3.8, 4) is 0 Å². The average Bonchev–Trinajstić information content (AvgIpc) is 2.68. The van der Waals surface area contributed by atoms with Crippen molar-refractivity contribution < 1.29 is 4.74 Å². The van der Waals surface area contributed by atoms with Gasteiger partial charge < -0.3 is 10.1 Å². The third-order valence-corrected chi connectivity index (χ3v) is 4.58. The standard InChI is InChI=1S/C20H22N4O/c1-21-20-6-2-5-18(23-20)19-14-24(10-11-25-19)13-15-7-8-17-16(12-15)4-3-9-22-17/h2-9,12,19H,10-11,13-14H2,1H3,(H,21,23)/t19-/m1/s1. The third-order valence-electron chi connectivity index (χ3n) is 4.58. The van der Waals surface area contributed by atoms with Gasteiger partial charge in [0.2, 0.25) is 0 Å². The number of aromatic nitrogens is 2. The van der Waals surface area contributed by atoms with Gasteiger partial charge in [-0.05, 0) is 35.9 Å². The number of fused-ring (bicyclic) bond motifs is 1. The smallest absolute Gasteiger partial charge is 0.126 e. The Bertz CT molecular complexity index is 867. The van der Waals surface area contributed by atoms with Crippen molar-refractivity contribution in [2.75, 3.05) is 32.1 Å². The van der Waals surface area contributed by atoms with Crippen LogP contribution in [0.2, 0.25) is 0 Å². The maximum absolute atomic E-state index is 5.96. The van der Waals surface area contributed by atoms with Crippen LogP contribution in [0.5, 0.6) is 0 Å². The number of anilines is 1. The highest BCUT2D eigenvalue weighted by Crippen LogP contribution is 2.23. The first-order chi connectivity index (χ1) is 12.3. The van der Waals surface area contributed by atoms with Crippen molar-refractivity contribution in [3.05, 3.63) is 66.0 Å². The second-order valence-electron chi connectivity index (χ2n) is 6.32. The number of benzene rings is 1. The van der Waals surface area contributed by atoms with Gasteiger partial charge in [-0.3, -0.25) is 9.88 Å². The van der Waals surface area contributed by atoms with Gasteiger partial charge in [0.25, 0.3) is 0 Å². The molecule has 1 saturated heterocycles. The predicted octanol–water partition coefficient (Wildman–Crippen LogP) is 3.25. The molecule has 0 saturated carbocycles. The van der Waals surface area contributed by atoms with E-state index in [9.17, 15) is 0 Å². The van der Waals surface area contributed by atoms with E-state index < -0.39 is 0 Å². The molecule has 1 fully saturated rings. The topological polar surface area (TPSA) is 50.3 Å². The van der Waals surface area contributed by atoms with Crippen molar-refractivity contribution in [1.82, 2.24) is 14.9 Å². The number of ether oxygens (including phenoxy) is 1. The van der Waals surface area contributed by atoms with Gasteiger partial charge in [0, 0.05) is 38.3 Å². The highest BCUT2D eigenvalue weighted by molar-refractivity contribution is 5.78. The van der Waals surface area contributed by atoms with Crippen LogP contribution in [-0.2, 0) is 11.3 Å². The van der Waals surface area contributed by atoms with E-state index in [1.807, 2.05) is 37.5 Å². The Morgan fingerprint density at radius 2 is 2.16 bits per heavy atom. The lowest BCUT2D eigenvalue weighted by Gasteiger charge is -2.32. The lowest BCUT2D eigenvalue weighted by atomic mass is 10.1. The van der Waals surface area contributed by atoms with Gasteiger partial charge in [-0.1, -0.05) is 18.2 Å². The molecule has 0 spiro atoms. The molecule has 128 valence electrons. The van der Waals surface area contributed by atoms with E-state index in [1.165, 1.54) is 10.9 Å². The Morgan fingerprint density at radius 1 is 1.20 bits per heavy atom. The summed E-state index contributed by atoms with van der Waals surface area (Å²) < 4.78 is 5.96. The summed E-state index contributed by atoms with van der Waals surface area (Å²) in [6, 6.07) is 16.6. The first-order valence-corrected chi connectivity index (χ1v) is 8.64. The maximum atomic E-state index is 5.96. The molecule has 0 amide bonds. The van der Waals surface area contributed by atoms with E-state index in [4.69, 9.17) is 4.74 Å². The van der Waals surface area contributed by atoms with Gasteiger partial charge in [0.05, 0.1) is 17.8 Å². The molecular weight excluding hydrogens is 312 g/mol. The lowest BCUT2D eigenvalue weighted by molar-refractivity contribution is -0.0349. The fourth-order valence-corrected chi connectivity index (χ4v) is 3.28. The Balaban J connectivity index is 1.48. The molecule has 0 unspecified atom stereocenters. The molecule has 5 heteroatoms. The number of nitrogens with zero attached hydrogens (tertiary/aromatic N) is 3. The molecule has 1 aliphatic heterocycles. The van der Waals surface area contributed by atoms with Crippen molar-refractivity contribution in [2.24, 2.45) is 0 Å². The second-order valence-corrected chi connectivity index (χ2v) is 6.32. The normalized spacial score (nSPS) is 18.4. The summed E-state index contributed by atoms with van der Waals surface area (Å²) in [5.74, 6) is 0.875. The average molecular weight is 334 g/mol. The van der Waals surface area contributed by atoms with Crippen LogP contribution in [0.4, 0.5) is 5.82 Å². The van der Waals surface area contributed by atoms with Crippen LogP contribution in [-0.4, -0.2) is 41.6 Å². The van der Waals surface area contributed by atoms with Gasteiger partial charge in [0.1, 0.15) is 11.9 Å². The quantitative estimate of drug-likeness (QED) is 0.794. The Hall–Kier alpha value is -2.50. The van der Waals surface area contributed by atoms with E-state index in [-0.39, 0.29) is 6.10 Å². The monoisotopic (exact) mass is 334 g/mol. The van der Waals surface area contributed by atoms with Crippen LogP contribution in [0.3, 0.4) is 0 Å². The second kappa shape index (κ2) is 7.17. The minimum absolute atomic E-state index is 0.0178. The van der Waals surface area contributed by atoms with Crippen LogP contribution >= 0.6 is 0 Å². The first kappa shape index (κ1) is 16.0. The molecule has 0 aliphatic carbocycles. The van der Waals surface area contributed by atoms with E-state index in [2.05, 4.69) is 44.5 Å². The summed E-state index contributed by atoms with van der Waals surface area (Å²) in [5, 5.41) is 4.28. The molecule has 3 aromatic rings. The zero-order valence-corrected chi connectivity index (χ0v) is 14.4. The molecule has 0 bridgehead atoms. The molecule has 4 rings (SSSR count). The van der Waals surface area contributed by atoms with Crippen LogP contribution in [0.1, 0.15) is 17.4 Å². The van der Waals surface area contributed by atoms with Crippen molar-refractivity contribution in [3.63, 3.8) is 0 Å². The lowest BCUT2D eigenvalue weighted by Crippen LogP contribution is -2.38. The molecule has 2 aromatic heterocycles. The number of rotatable bonds is 4. The molecule has 1 aromatic carbocycles. The van der Waals surface area contributed by atoms with E-state index in [0.717, 1.165) is 43.3 Å². The van der Waals surface area contributed by atoms with Gasteiger partial charge in [-0.2, -0.15) is 0 Å². The summed E-state index contributed by atoms with van der Waals surface area (Å²) >= 11 is 0. The number of morpholine rings is 1. The summed E-state index contributed by atoms with van der Waals surface area (Å²) in [5.41, 5.74) is 3.33. The number of hydrogen-bond donors (Lipinski definition) is 1. The molecule has 1 aliphatic rings. The van der Waals surface area contributed by atoms with Crippen LogP contribution in [0, 0.1) is 0 Å². The Kier molecular flexibility index (Phi) is 4.59. The molecule has 1 N–H and O–H groups in total. The maximum Gasteiger partial charge on any atom is 0.126 e. The van der Waals surface area contributed by atoms with Gasteiger partial charge in [0.15, 0.2) is 0 Å². The van der Waals surface area contributed by atoms with Crippen LogP contribution in [0.15, 0.2) is 54.7 Å². The molecule has 5 nitrogen and oxygen atoms in total. The number of nitrogens with one attached hydrogen (secondary N) is 1. The Morgan fingerprint density at radius 3 is 3.08 bits per heavy atom. The third kappa shape index (κ3) is 3.62. The molecule has 1 atom stereocenters. The minimum atomic E-state index is 0.0178. The predicted molar refractivity (Wildman–Crippen MR) is 99.5 cm³/mol. The number of hydrogen-bond acceptors (Lipinski definition) is 5. The zero-order chi connectivity index (χ0) is 17.1. The molecule has 0 radical (unpaired) electrons. The van der Waals surface area contributed by atoms with Crippen molar-refractivity contribution in [2.45, 2.75) is 12.6 Å². The summed E-state index contributed by atoms with van der Waals surface area (Å²) in [4.78, 5) is 11.4. The first-order valence-electron chi connectivity index (χ1n) is 8.64. The fraction of sp³-hybridized carbons (Fsp3) is 0.300. The zero-order valence-electron chi connectivity index (χ0n) is 14.4. The van der Waals surface area contributed by atoms with Gasteiger partial charge in [-0.25, -0.2) is 4.98 Å². The number of pyridine rings is 2. The summed E-state index contributed by atoms with van der Waals surface area (Å²) in [6.45, 7) is 3.43. The van der Waals surface area contributed by atoms with Gasteiger partial charge >= 0.3 is 0 Å². The van der Waals surface area contributed by atoms with Crippen LogP contribution in [0.25, 0.3) is 10.9 Å². The molecular formula is C20H22N4O. The molecule has 25 heavy (non-hydrogen) atoms. The van der Waals surface area contributed by atoms with E-state index in [1.54, 1.807) is 0 Å². The van der Waals surface area contributed by atoms with E-state index >= 15 is 0 Å². The largest absolute Gasteiger partial charge is 0.373 e. The van der Waals surface area contributed by atoms with Crippen molar-refractivity contribution in [1.29, 1.82) is 0 Å². The fourth-order valence-electron chi connectivity index (χ4n) is 3.28. The van der Waals surface area contributed by atoms with Gasteiger partial charge in [-0.15, -0.1) is 0 Å². The van der Waals surface area contributed by atoms with Crippen LogP contribution < -0.4 is 5.32 Å².